The van der Waals surface area contributed by atoms with Crippen molar-refractivity contribution >= 4 is 17.0 Å². The second kappa shape index (κ2) is 7.35. The van der Waals surface area contributed by atoms with E-state index in [0.29, 0.717) is 0 Å². The maximum atomic E-state index is 4.20. The summed E-state index contributed by atoms with van der Waals surface area (Å²) in [7, 11) is 4.25. The molecule has 0 radical (unpaired) electrons. The molecule has 2 heterocycles. The van der Waals surface area contributed by atoms with Crippen molar-refractivity contribution in [1.82, 2.24) is 14.5 Å². The SMILES string of the molecule is CCc1cnccc1/C=C/N(C)CCc1cn(C)c2ccccc12. The molecular weight excluding hydrogens is 294 g/mol. The molecule has 3 aromatic rings. The average molecular weight is 319 g/mol. The number of hydrogen-bond acceptors (Lipinski definition) is 2. The monoisotopic (exact) mass is 319 g/mol. The fourth-order valence-electron chi connectivity index (χ4n) is 3.10. The number of pyridine rings is 1. The minimum absolute atomic E-state index is 0.997. The molecule has 2 aromatic heterocycles. The molecule has 0 unspecified atom stereocenters. The van der Waals surface area contributed by atoms with Gasteiger partial charge in [0.05, 0.1) is 0 Å². The lowest BCUT2D eigenvalue weighted by Crippen LogP contribution is -2.14. The van der Waals surface area contributed by atoms with Crippen LogP contribution >= 0.6 is 0 Å². The van der Waals surface area contributed by atoms with Crippen LogP contribution in [0.15, 0.2) is 55.1 Å². The first kappa shape index (κ1) is 16.3. The molecule has 0 saturated heterocycles. The minimum atomic E-state index is 0.997. The highest BCUT2D eigenvalue weighted by atomic mass is 15.1. The number of likely N-dealkylation sites (N-methyl/N-ethyl adjacent to an activating group) is 1. The van der Waals surface area contributed by atoms with Gasteiger partial charge in [0.25, 0.3) is 0 Å². The molecule has 124 valence electrons. The molecule has 0 bridgehead atoms. The molecule has 3 nitrogen and oxygen atoms in total. The van der Waals surface area contributed by atoms with E-state index in [2.05, 4.69) is 84.3 Å². The third kappa shape index (κ3) is 3.51. The van der Waals surface area contributed by atoms with Gasteiger partial charge in [-0.2, -0.15) is 0 Å². The molecule has 0 spiro atoms. The summed E-state index contributed by atoms with van der Waals surface area (Å²) in [6.45, 7) is 3.16. The van der Waals surface area contributed by atoms with E-state index in [0.717, 1.165) is 19.4 Å². The standard InChI is InChI=1S/C21H25N3/c1-4-17-15-22-12-9-18(17)10-13-23(2)14-11-19-16-24(3)21-8-6-5-7-20(19)21/h5-10,12-13,15-16H,4,11,14H2,1-3H3/b13-10+. The average Bonchev–Trinajstić information content (AvgIpc) is 2.95. The molecule has 3 heteroatoms. The maximum absolute atomic E-state index is 4.20. The third-order valence-electron chi connectivity index (χ3n) is 4.54. The van der Waals surface area contributed by atoms with Crippen LogP contribution in [0.2, 0.25) is 0 Å². The normalized spacial score (nSPS) is 11.5. The fraction of sp³-hybridized carbons (Fsp3) is 0.286. The summed E-state index contributed by atoms with van der Waals surface area (Å²) in [5.41, 5.74) is 5.25. The summed E-state index contributed by atoms with van der Waals surface area (Å²) in [5.74, 6) is 0. The molecule has 1 aromatic carbocycles. The highest BCUT2D eigenvalue weighted by Gasteiger charge is 2.06. The Balaban J connectivity index is 1.67. The number of hydrogen-bond donors (Lipinski definition) is 0. The Morgan fingerprint density at radius 2 is 2.00 bits per heavy atom. The van der Waals surface area contributed by atoms with Crippen LogP contribution in [0.4, 0.5) is 0 Å². The molecule has 0 fully saturated rings. The lowest BCUT2D eigenvalue weighted by Gasteiger charge is -2.14. The van der Waals surface area contributed by atoms with Gasteiger partial charge in [-0.3, -0.25) is 4.98 Å². The van der Waals surface area contributed by atoms with Crippen LogP contribution in [0, 0.1) is 0 Å². The smallest absolute Gasteiger partial charge is 0.0480 e. The van der Waals surface area contributed by atoms with Crippen molar-refractivity contribution < 1.29 is 0 Å². The Morgan fingerprint density at radius 3 is 2.83 bits per heavy atom. The van der Waals surface area contributed by atoms with Crippen LogP contribution in [-0.2, 0) is 19.9 Å². The van der Waals surface area contributed by atoms with Crippen LogP contribution < -0.4 is 0 Å². The molecule has 0 aliphatic carbocycles. The van der Waals surface area contributed by atoms with Gasteiger partial charge >= 0.3 is 0 Å². The van der Waals surface area contributed by atoms with Gasteiger partial charge in [-0.1, -0.05) is 25.1 Å². The van der Waals surface area contributed by atoms with E-state index in [4.69, 9.17) is 0 Å². The maximum Gasteiger partial charge on any atom is 0.0480 e. The molecule has 0 saturated carbocycles. The quantitative estimate of drug-likeness (QED) is 0.676. The van der Waals surface area contributed by atoms with E-state index in [-0.39, 0.29) is 0 Å². The Morgan fingerprint density at radius 1 is 1.17 bits per heavy atom. The number of fused-ring (bicyclic) bond motifs is 1. The summed E-state index contributed by atoms with van der Waals surface area (Å²) >= 11 is 0. The van der Waals surface area contributed by atoms with Gasteiger partial charge in [0, 0.05) is 50.1 Å². The molecule has 24 heavy (non-hydrogen) atoms. The van der Waals surface area contributed by atoms with Crippen molar-refractivity contribution in [2.24, 2.45) is 7.05 Å². The second-order valence-electron chi connectivity index (χ2n) is 6.26. The van der Waals surface area contributed by atoms with Gasteiger partial charge in [0.2, 0.25) is 0 Å². The lowest BCUT2D eigenvalue weighted by molar-refractivity contribution is 0.464. The number of aromatic nitrogens is 2. The topological polar surface area (TPSA) is 21.1 Å². The van der Waals surface area contributed by atoms with E-state index in [1.54, 1.807) is 0 Å². The van der Waals surface area contributed by atoms with Gasteiger partial charge in [-0.15, -0.1) is 0 Å². The largest absolute Gasteiger partial charge is 0.380 e. The Hall–Kier alpha value is -2.55. The number of nitrogens with zero attached hydrogens (tertiary/aromatic N) is 3. The zero-order valence-electron chi connectivity index (χ0n) is 14.7. The van der Waals surface area contributed by atoms with Crippen molar-refractivity contribution in [3.63, 3.8) is 0 Å². The van der Waals surface area contributed by atoms with Gasteiger partial charge in [0.15, 0.2) is 0 Å². The van der Waals surface area contributed by atoms with Crippen molar-refractivity contribution in [1.29, 1.82) is 0 Å². The first-order valence-electron chi connectivity index (χ1n) is 8.53. The van der Waals surface area contributed by atoms with Crippen LogP contribution in [-0.4, -0.2) is 28.0 Å². The molecule has 3 rings (SSSR count). The number of benzene rings is 1. The third-order valence-corrected chi connectivity index (χ3v) is 4.54. The highest BCUT2D eigenvalue weighted by Crippen LogP contribution is 2.20. The number of rotatable bonds is 6. The minimum Gasteiger partial charge on any atom is -0.380 e. The predicted molar refractivity (Wildman–Crippen MR) is 102 cm³/mol. The summed E-state index contributed by atoms with van der Waals surface area (Å²) in [4.78, 5) is 6.45. The Kier molecular flexibility index (Phi) is 4.99. The van der Waals surface area contributed by atoms with E-state index < -0.39 is 0 Å². The van der Waals surface area contributed by atoms with Crippen LogP contribution in [0.1, 0.15) is 23.6 Å². The van der Waals surface area contributed by atoms with Crippen molar-refractivity contribution in [2.75, 3.05) is 13.6 Å². The van der Waals surface area contributed by atoms with Gasteiger partial charge < -0.3 is 9.47 Å². The molecule has 0 amide bonds. The first-order chi connectivity index (χ1) is 11.7. The van der Waals surface area contributed by atoms with Crippen LogP contribution in [0.25, 0.3) is 17.0 Å². The summed E-state index contributed by atoms with van der Waals surface area (Å²) in [6, 6.07) is 10.7. The zero-order chi connectivity index (χ0) is 16.9. The Labute approximate surface area is 144 Å². The molecule has 0 atom stereocenters. The number of para-hydroxylation sites is 1. The predicted octanol–water partition coefficient (Wildman–Crippen LogP) is 4.28. The lowest BCUT2D eigenvalue weighted by atomic mass is 10.1. The summed E-state index contributed by atoms with van der Waals surface area (Å²) in [5, 5.41) is 1.36. The molecule has 0 N–H and O–H groups in total. The van der Waals surface area contributed by atoms with E-state index in [1.807, 2.05) is 12.4 Å². The van der Waals surface area contributed by atoms with Crippen LogP contribution in [0.5, 0.6) is 0 Å². The van der Waals surface area contributed by atoms with Crippen molar-refractivity contribution in [2.45, 2.75) is 19.8 Å². The molecule has 0 aliphatic rings. The first-order valence-corrected chi connectivity index (χ1v) is 8.53. The van der Waals surface area contributed by atoms with Crippen molar-refractivity contribution in [3.8, 4) is 0 Å². The molecule has 0 aliphatic heterocycles. The van der Waals surface area contributed by atoms with Gasteiger partial charge in [-0.05, 0) is 53.9 Å². The molecular formula is C21H25N3. The number of aryl methyl sites for hydroxylation is 2. The Bertz CT molecular complexity index is 845. The van der Waals surface area contributed by atoms with Crippen molar-refractivity contribution in [3.05, 3.63) is 71.8 Å². The van der Waals surface area contributed by atoms with Gasteiger partial charge in [-0.25, -0.2) is 0 Å². The zero-order valence-corrected chi connectivity index (χ0v) is 14.7. The van der Waals surface area contributed by atoms with E-state index >= 15 is 0 Å². The van der Waals surface area contributed by atoms with E-state index in [1.165, 1.54) is 27.6 Å². The fourth-order valence-corrected chi connectivity index (χ4v) is 3.10. The van der Waals surface area contributed by atoms with Gasteiger partial charge in [0.1, 0.15) is 0 Å². The second-order valence-corrected chi connectivity index (χ2v) is 6.26. The van der Waals surface area contributed by atoms with E-state index in [9.17, 15) is 0 Å². The summed E-state index contributed by atoms with van der Waals surface area (Å²) in [6.07, 6.45) is 12.5. The highest BCUT2D eigenvalue weighted by molar-refractivity contribution is 5.83. The summed E-state index contributed by atoms with van der Waals surface area (Å²) < 4.78 is 2.21. The van der Waals surface area contributed by atoms with Crippen LogP contribution in [0.3, 0.4) is 0 Å².